The molecule has 172 valence electrons. The van der Waals surface area contributed by atoms with Crippen molar-refractivity contribution in [1.82, 2.24) is 10.3 Å². The summed E-state index contributed by atoms with van der Waals surface area (Å²) < 4.78 is 19.9. The zero-order valence-electron chi connectivity index (χ0n) is 18.6. The Balaban J connectivity index is 1.59. The molecular formula is C24H20FN5O3S. The maximum atomic E-state index is 14.9. The van der Waals surface area contributed by atoms with Gasteiger partial charge in [0.05, 0.1) is 12.8 Å². The van der Waals surface area contributed by atoms with Gasteiger partial charge in [0.1, 0.15) is 11.4 Å². The third kappa shape index (κ3) is 3.91. The monoisotopic (exact) mass is 477 g/mol. The van der Waals surface area contributed by atoms with Gasteiger partial charge in [-0.1, -0.05) is 12.1 Å². The highest BCUT2D eigenvalue weighted by Crippen LogP contribution is 2.38. The van der Waals surface area contributed by atoms with Crippen molar-refractivity contribution in [3.63, 3.8) is 0 Å². The molecule has 1 fully saturated rings. The number of hydrogen-bond acceptors (Lipinski definition) is 5. The van der Waals surface area contributed by atoms with Gasteiger partial charge in [0.2, 0.25) is 5.76 Å². The molecule has 1 saturated heterocycles. The number of rotatable bonds is 5. The number of amides is 2. The highest BCUT2D eigenvalue weighted by molar-refractivity contribution is 7.81. The molecule has 2 amide bonds. The van der Waals surface area contributed by atoms with Crippen molar-refractivity contribution in [2.24, 2.45) is 0 Å². The first-order valence-electron chi connectivity index (χ1n) is 10.3. The van der Waals surface area contributed by atoms with Crippen LogP contribution in [0.1, 0.15) is 35.5 Å². The fourth-order valence-electron chi connectivity index (χ4n) is 3.77. The first-order valence-corrected chi connectivity index (χ1v) is 10.7. The lowest BCUT2D eigenvalue weighted by atomic mass is 10.0. The minimum absolute atomic E-state index is 0.0273. The van der Waals surface area contributed by atoms with Crippen LogP contribution in [0.3, 0.4) is 0 Å². The molecule has 0 aliphatic carbocycles. The first kappa shape index (κ1) is 23.1. The second-order valence-corrected chi connectivity index (χ2v) is 8.59. The summed E-state index contributed by atoms with van der Waals surface area (Å²) in [6, 6.07) is 9.52. The van der Waals surface area contributed by atoms with Crippen LogP contribution in [0.4, 0.5) is 21.5 Å². The van der Waals surface area contributed by atoms with Crippen LogP contribution in [-0.4, -0.2) is 27.4 Å². The van der Waals surface area contributed by atoms with E-state index in [2.05, 4.69) is 15.1 Å². The summed E-state index contributed by atoms with van der Waals surface area (Å²) in [4.78, 5) is 35.5. The second-order valence-electron chi connectivity index (χ2n) is 8.22. The van der Waals surface area contributed by atoms with Crippen molar-refractivity contribution >= 4 is 46.2 Å². The molecule has 1 N–H and O–H groups in total. The average molecular weight is 478 g/mol. The summed E-state index contributed by atoms with van der Waals surface area (Å²) in [5.74, 6) is -1.31. The number of anilines is 2. The number of carbonyl (C=O) groups excluding carboxylic acids is 2. The summed E-state index contributed by atoms with van der Waals surface area (Å²) in [7, 11) is 0. The third-order valence-electron chi connectivity index (χ3n) is 5.62. The Morgan fingerprint density at radius 2 is 2.00 bits per heavy atom. The lowest BCUT2D eigenvalue weighted by molar-refractivity contribution is -0.120. The number of aromatic nitrogens is 1. The van der Waals surface area contributed by atoms with E-state index in [4.69, 9.17) is 23.2 Å². The van der Waals surface area contributed by atoms with Crippen LogP contribution >= 0.6 is 12.2 Å². The Kier molecular flexibility index (Phi) is 5.89. The molecule has 0 saturated carbocycles. The third-order valence-corrected chi connectivity index (χ3v) is 5.98. The van der Waals surface area contributed by atoms with Crippen molar-refractivity contribution < 1.29 is 18.4 Å². The van der Waals surface area contributed by atoms with E-state index >= 15 is 0 Å². The van der Waals surface area contributed by atoms with E-state index in [-0.39, 0.29) is 28.9 Å². The van der Waals surface area contributed by atoms with Gasteiger partial charge >= 0.3 is 0 Å². The van der Waals surface area contributed by atoms with Gasteiger partial charge in [-0.25, -0.2) is 14.2 Å². The quantitative estimate of drug-likeness (QED) is 0.430. The van der Waals surface area contributed by atoms with Gasteiger partial charge in [0.25, 0.3) is 11.8 Å². The number of nitrogens with one attached hydrogen (secondary N) is 1. The molecule has 0 unspecified atom stereocenters. The molecule has 0 atom stereocenters. The molecule has 2 heterocycles. The maximum Gasteiger partial charge on any atom is 0.288 e. The van der Waals surface area contributed by atoms with Crippen molar-refractivity contribution in [3.8, 4) is 0 Å². The highest BCUT2D eigenvalue weighted by Gasteiger charge is 2.50. The molecule has 1 aliphatic heterocycles. The van der Waals surface area contributed by atoms with Gasteiger partial charge in [-0.05, 0) is 62.8 Å². The predicted octanol–water partition coefficient (Wildman–Crippen LogP) is 4.52. The summed E-state index contributed by atoms with van der Waals surface area (Å²) in [6.07, 6.45) is 2.40. The number of aryl methyl sites for hydroxylation is 1. The van der Waals surface area contributed by atoms with Gasteiger partial charge in [-0.15, -0.1) is 0 Å². The number of benzene rings is 2. The van der Waals surface area contributed by atoms with Crippen LogP contribution < -0.4 is 15.1 Å². The maximum absolute atomic E-state index is 14.9. The number of halogens is 1. The zero-order chi connectivity index (χ0) is 24.6. The summed E-state index contributed by atoms with van der Waals surface area (Å²) in [5.41, 5.74) is 1.35. The van der Waals surface area contributed by atoms with Crippen LogP contribution in [0.25, 0.3) is 4.85 Å². The van der Waals surface area contributed by atoms with Gasteiger partial charge in [0.15, 0.2) is 17.2 Å². The minimum Gasteiger partial charge on any atom is -0.438 e. The smallest absolute Gasteiger partial charge is 0.288 e. The van der Waals surface area contributed by atoms with E-state index in [0.29, 0.717) is 17.1 Å². The zero-order valence-corrected chi connectivity index (χ0v) is 19.4. The standard InChI is InChI=1S/C24H20FN5O3S/c1-14-9-16(7-8-19(14)26-4)29-22(32)24(2,3)30(23(29)34)17-6-5-15(18(25)10-17)11-28-21(31)20-12-27-13-33-20/h5-10,12-13H,11H2,1-3H3,(H,28,31). The highest BCUT2D eigenvalue weighted by atomic mass is 32.1. The topological polar surface area (TPSA) is 83.0 Å². The van der Waals surface area contributed by atoms with Crippen LogP contribution in [0, 0.1) is 19.3 Å². The first-order chi connectivity index (χ1) is 16.1. The van der Waals surface area contributed by atoms with Crippen LogP contribution in [-0.2, 0) is 11.3 Å². The fourth-order valence-corrected chi connectivity index (χ4v) is 4.29. The summed E-state index contributed by atoms with van der Waals surface area (Å²) in [6.45, 7) is 12.4. The van der Waals surface area contributed by atoms with Gasteiger partial charge in [-0.3, -0.25) is 14.5 Å². The molecular weight excluding hydrogens is 457 g/mol. The van der Waals surface area contributed by atoms with Crippen LogP contribution in [0.15, 0.2) is 53.4 Å². The molecule has 1 aliphatic rings. The number of hydrogen-bond donors (Lipinski definition) is 1. The summed E-state index contributed by atoms with van der Waals surface area (Å²) >= 11 is 5.64. The molecule has 2 aromatic carbocycles. The lowest BCUT2D eigenvalue weighted by Gasteiger charge is -2.29. The van der Waals surface area contributed by atoms with Gasteiger partial charge in [0, 0.05) is 23.5 Å². The number of carbonyl (C=O) groups is 2. The Labute approximate surface area is 200 Å². The second kappa shape index (κ2) is 8.68. The van der Waals surface area contributed by atoms with Crippen LogP contribution in [0.2, 0.25) is 0 Å². The molecule has 0 bridgehead atoms. The Morgan fingerprint density at radius 1 is 1.26 bits per heavy atom. The molecule has 0 radical (unpaired) electrons. The largest absolute Gasteiger partial charge is 0.438 e. The van der Waals surface area contributed by atoms with E-state index in [1.807, 2.05) is 0 Å². The fraction of sp³-hybridized carbons (Fsp3) is 0.208. The molecule has 8 nitrogen and oxygen atoms in total. The van der Waals surface area contributed by atoms with E-state index in [1.165, 1.54) is 23.2 Å². The number of oxazole rings is 1. The van der Waals surface area contributed by atoms with Crippen LogP contribution in [0.5, 0.6) is 0 Å². The molecule has 0 spiro atoms. The average Bonchev–Trinajstić information content (AvgIpc) is 3.39. The van der Waals surface area contributed by atoms with E-state index in [9.17, 15) is 14.0 Å². The van der Waals surface area contributed by atoms with E-state index < -0.39 is 17.3 Å². The SMILES string of the molecule is [C-]#[N+]c1ccc(N2C(=O)C(C)(C)N(c3ccc(CNC(=O)c4cnco4)c(F)c3)C2=S)cc1C. The Morgan fingerprint density at radius 3 is 2.62 bits per heavy atom. The van der Waals surface area contributed by atoms with Gasteiger partial charge < -0.3 is 14.6 Å². The molecule has 3 aromatic rings. The molecule has 4 rings (SSSR count). The molecule has 10 heteroatoms. The number of thiocarbonyl (C=S) groups is 1. The van der Waals surface area contributed by atoms with Crippen molar-refractivity contribution in [2.45, 2.75) is 32.9 Å². The normalized spacial score (nSPS) is 14.9. The van der Waals surface area contributed by atoms with Crippen molar-refractivity contribution in [3.05, 3.63) is 83.1 Å². The Hall–Kier alpha value is -4.10. The lowest BCUT2D eigenvalue weighted by Crippen LogP contribution is -2.44. The van der Waals surface area contributed by atoms with E-state index in [0.717, 1.165) is 12.0 Å². The minimum atomic E-state index is -1.07. The predicted molar refractivity (Wildman–Crippen MR) is 128 cm³/mol. The van der Waals surface area contributed by atoms with Crippen molar-refractivity contribution in [2.75, 3.05) is 9.80 Å². The van der Waals surface area contributed by atoms with Crippen molar-refractivity contribution in [1.29, 1.82) is 0 Å². The molecule has 34 heavy (non-hydrogen) atoms. The molecule has 1 aromatic heterocycles. The number of nitrogens with zero attached hydrogens (tertiary/aromatic N) is 4. The van der Waals surface area contributed by atoms with E-state index in [1.54, 1.807) is 49.9 Å². The Bertz CT molecular complexity index is 1350. The summed E-state index contributed by atoms with van der Waals surface area (Å²) in [5, 5.41) is 2.78. The van der Waals surface area contributed by atoms with Gasteiger partial charge in [-0.2, -0.15) is 0 Å².